The van der Waals surface area contributed by atoms with Crippen LogP contribution in [0.4, 0.5) is 0 Å². The van der Waals surface area contributed by atoms with Crippen molar-refractivity contribution in [2.75, 3.05) is 12.4 Å². The van der Waals surface area contributed by atoms with Crippen LogP contribution < -0.4 is 11.2 Å². The third-order valence-corrected chi connectivity index (χ3v) is 2.82. The summed E-state index contributed by atoms with van der Waals surface area (Å²) in [5, 5.41) is 4.51. The fourth-order valence-corrected chi connectivity index (χ4v) is 2.14. The monoisotopic (exact) mass is 188 g/mol. The fraction of sp³-hybridized carbons (Fsp3) is 0.300. The van der Waals surface area contributed by atoms with Crippen molar-refractivity contribution in [1.82, 2.24) is 15.0 Å². The predicted molar refractivity (Wildman–Crippen MR) is 55.3 cm³/mol. The van der Waals surface area contributed by atoms with Crippen molar-refractivity contribution >= 4 is 11.0 Å². The first-order chi connectivity index (χ1) is 6.88. The van der Waals surface area contributed by atoms with Gasteiger partial charge < -0.3 is 11.2 Å². The zero-order chi connectivity index (χ0) is 9.54. The standard InChI is InChI=1S/C10H12N4/c11-14-9-6-12-5-3-7(9)8-2-1-4-13-10(8)14/h1-2,4,12H,3,5-6,11H2. The predicted octanol–water partition coefficient (Wildman–Crippen LogP) is 0.396. The number of fused-ring (bicyclic) bond motifs is 3. The fourth-order valence-electron chi connectivity index (χ4n) is 2.14. The lowest BCUT2D eigenvalue weighted by molar-refractivity contribution is 0.620. The zero-order valence-electron chi connectivity index (χ0n) is 7.83. The average Bonchev–Trinajstić information content (AvgIpc) is 2.55. The molecule has 0 unspecified atom stereocenters. The van der Waals surface area contributed by atoms with Crippen molar-refractivity contribution in [1.29, 1.82) is 0 Å². The van der Waals surface area contributed by atoms with Crippen LogP contribution in [0.1, 0.15) is 11.3 Å². The molecule has 0 bridgehead atoms. The minimum absolute atomic E-state index is 0.849. The number of nitrogens with one attached hydrogen (secondary N) is 1. The van der Waals surface area contributed by atoms with Crippen LogP contribution in [0.25, 0.3) is 11.0 Å². The van der Waals surface area contributed by atoms with Crippen LogP contribution in [0.15, 0.2) is 18.3 Å². The van der Waals surface area contributed by atoms with Crippen molar-refractivity contribution in [2.45, 2.75) is 13.0 Å². The number of hydrogen-bond donors (Lipinski definition) is 2. The van der Waals surface area contributed by atoms with Gasteiger partial charge in [-0.1, -0.05) is 0 Å². The highest BCUT2D eigenvalue weighted by Crippen LogP contribution is 2.24. The molecule has 0 spiro atoms. The van der Waals surface area contributed by atoms with Gasteiger partial charge in [0.2, 0.25) is 0 Å². The maximum atomic E-state index is 5.97. The van der Waals surface area contributed by atoms with Crippen molar-refractivity contribution in [2.24, 2.45) is 0 Å². The van der Waals surface area contributed by atoms with Gasteiger partial charge in [0.15, 0.2) is 5.65 Å². The largest absolute Gasteiger partial charge is 0.337 e. The van der Waals surface area contributed by atoms with Gasteiger partial charge in [0.25, 0.3) is 0 Å². The molecule has 3 heterocycles. The summed E-state index contributed by atoms with van der Waals surface area (Å²) in [5.41, 5.74) is 3.42. The third-order valence-electron chi connectivity index (χ3n) is 2.82. The number of rotatable bonds is 0. The highest BCUT2D eigenvalue weighted by atomic mass is 15.3. The normalized spacial score (nSPS) is 15.7. The molecule has 0 amide bonds. The molecule has 14 heavy (non-hydrogen) atoms. The quantitative estimate of drug-likeness (QED) is 0.588. The summed E-state index contributed by atoms with van der Waals surface area (Å²) in [7, 11) is 0. The molecule has 4 heteroatoms. The summed E-state index contributed by atoms with van der Waals surface area (Å²) in [5.74, 6) is 5.97. The molecule has 0 aliphatic carbocycles. The summed E-state index contributed by atoms with van der Waals surface area (Å²) >= 11 is 0. The molecule has 0 atom stereocenters. The Hall–Kier alpha value is -1.55. The van der Waals surface area contributed by atoms with Gasteiger partial charge in [0.05, 0.1) is 5.69 Å². The lowest BCUT2D eigenvalue weighted by atomic mass is 10.1. The van der Waals surface area contributed by atoms with Crippen molar-refractivity contribution in [3.8, 4) is 0 Å². The van der Waals surface area contributed by atoms with Gasteiger partial charge in [-0.05, 0) is 30.7 Å². The highest BCUT2D eigenvalue weighted by Gasteiger charge is 2.18. The van der Waals surface area contributed by atoms with E-state index in [4.69, 9.17) is 5.84 Å². The number of hydrogen-bond acceptors (Lipinski definition) is 3. The Bertz CT molecular complexity index is 486. The first-order valence-electron chi connectivity index (χ1n) is 4.81. The molecule has 72 valence electrons. The Labute approximate surface area is 81.7 Å². The van der Waals surface area contributed by atoms with Gasteiger partial charge in [-0.25, -0.2) is 9.66 Å². The second kappa shape index (κ2) is 2.72. The molecule has 3 rings (SSSR count). The number of nitrogens with zero attached hydrogens (tertiary/aromatic N) is 2. The molecule has 1 aliphatic heterocycles. The Kier molecular flexibility index (Phi) is 1.52. The van der Waals surface area contributed by atoms with E-state index in [0.29, 0.717) is 0 Å². The van der Waals surface area contributed by atoms with Crippen LogP contribution >= 0.6 is 0 Å². The zero-order valence-corrected chi connectivity index (χ0v) is 7.83. The number of aromatic nitrogens is 2. The molecular weight excluding hydrogens is 176 g/mol. The van der Waals surface area contributed by atoms with Gasteiger partial charge >= 0.3 is 0 Å². The number of nitrogen functional groups attached to an aromatic ring is 1. The molecule has 2 aromatic rings. The van der Waals surface area contributed by atoms with Crippen molar-refractivity contribution < 1.29 is 0 Å². The molecule has 0 aromatic carbocycles. The summed E-state index contributed by atoms with van der Waals surface area (Å²) in [6.07, 6.45) is 2.83. The van der Waals surface area contributed by atoms with E-state index in [9.17, 15) is 0 Å². The topological polar surface area (TPSA) is 55.9 Å². The lowest BCUT2D eigenvalue weighted by Gasteiger charge is -2.13. The lowest BCUT2D eigenvalue weighted by Crippen LogP contribution is -2.27. The van der Waals surface area contributed by atoms with Crippen LogP contribution in [-0.4, -0.2) is 16.2 Å². The Morgan fingerprint density at radius 2 is 2.43 bits per heavy atom. The van der Waals surface area contributed by atoms with Crippen molar-refractivity contribution in [3.63, 3.8) is 0 Å². The smallest absolute Gasteiger partial charge is 0.158 e. The summed E-state index contributed by atoms with van der Waals surface area (Å²) < 4.78 is 1.71. The van der Waals surface area contributed by atoms with E-state index in [2.05, 4.69) is 16.4 Å². The maximum Gasteiger partial charge on any atom is 0.158 e. The molecular formula is C10H12N4. The third kappa shape index (κ3) is 0.886. The maximum absolute atomic E-state index is 5.97. The van der Waals surface area contributed by atoms with Crippen LogP contribution in [0.5, 0.6) is 0 Å². The van der Waals surface area contributed by atoms with Gasteiger partial charge in [-0.3, -0.25) is 0 Å². The summed E-state index contributed by atoms with van der Waals surface area (Å²) in [6.45, 7) is 1.88. The molecule has 0 saturated heterocycles. The van der Waals surface area contributed by atoms with Crippen LogP contribution in [0.2, 0.25) is 0 Å². The molecule has 3 N–H and O–H groups in total. The number of pyridine rings is 1. The first kappa shape index (κ1) is 7.82. The second-order valence-corrected chi connectivity index (χ2v) is 3.60. The average molecular weight is 188 g/mol. The van der Waals surface area contributed by atoms with Gasteiger partial charge in [0, 0.05) is 18.1 Å². The van der Waals surface area contributed by atoms with E-state index in [0.717, 1.165) is 25.2 Å². The van der Waals surface area contributed by atoms with E-state index >= 15 is 0 Å². The molecule has 0 saturated carbocycles. The van der Waals surface area contributed by atoms with E-state index in [1.165, 1.54) is 16.6 Å². The van der Waals surface area contributed by atoms with Gasteiger partial charge in [-0.2, -0.15) is 0 Å². The van der Waals surface area contributed by atoms with Crippen LogP contribution in [0, 0.1) is 0 Å². The summed E-state index contributed by atoms with van der Waals surface area (Å²) in [4.78, 5) is 4.30. The minimum Gasteiger partial charge on any atom is -0.337 e. The molecule has 0 fully saturated rings. The molecule has 4 nitrogen and oxygen atoms in total. The second-order valence-electron chi connectivity index (χ2n) is 3.60. The van der Waals surface area contributed by atoms with Gasteiger partial charge in [0.1, 0.15) is 0 Å². The Morgan fingerprint density at radius 3 is 3.36 bits per heavy atom. The highest BCUT2D eigenvalue weighted by molar-refractivity contribution is 5.82. The van der Waals surface area contributed by atoms with E-state index in [-0.39, 0.29) is 0 Å². The summed E-state index contributed by atoms with van der Waals surface area (Å²) in [6, 6.07) is 4.06. The van der Waals surface area contributed by atoms with E-state index in [1.54, 1.807) is 10.9 Å². The molecule has 0 radical (unpaired) electrons. The van der Waals surface area contributed by atoms with Crippen LogP contribution in [0.3, 0.4) is 0 Å². The van der Waals surface area contributed by atoms with E-state index < -0.39 is 0 Å². The first-order valence-corrected chi connectivity index (χ1v) is 4.81. The Balaban J connectivity index is 2.41. The number of nitrogens with two attached hydrogens (primary N) is 1. The molecule has 2 aromatic heterocycles. The van der Waals surface area contributed by atoms with E-state index in [1.807, 2.05) is 6.07 Å². The molecule has 1 aliphatic rings. The SMILES string of the molecule is Nn1c2c(c3cccnc31)CCNC2. The van der Waals surface area contributed by atoms with Crippen molar-refractivity contribution in [3.05, 3.63) is 29.6 Å². The van der Waals surface area contributed by atoms with Gasteiger partial charge in [-0.15, -0.1) is 0 Å². The van der Waals surface area contributed by atoms with Crippen LogP contribution in [-0.2, 0) is 13.0 Å². The minimum atomic E-state index is 0.849. The Morgan fingerprint density at radius 1 is 1.50 bits per heavy atom.